The zero-order valence-electron chi connectivity index (χ0n) is 19.1. The number of nitrogens with zero attached hydrogens (tertiary/aromatic N) is 2. The number of benzene rings is 3. The Labute approximate surface area is 210 Å². The number of halogens is 1. The number of aromatic carboxylic acids is 1. The number of aryl methyl sites for hydroxylation is 1. The number of nitriles is 1. The number of hydrogen-bond acceptors (Lipinski definition) is 5. The molecule has 0 aliphatic rings. The number of ether oxygens (including phenoxy) is 2. The smallest absolute Gasteiger partial charge is 0.335 e. The largest absolute Gasteiger partial charge is 0.490 e. The van der Waals surface area contributed by atoms with Crippen LogP contribution in [0.15, 0.2) is 59.1 Å². The number of aromatic nitrogens is 2. The van der Waals surface area contributed by atoms with Gasteiger partial charge in [-0.2, -0.15) is 5.26 Å². The van der Waals surface area contributed by atoms with Gasteiger partial charge in [-0.15, -0.1) is 0 Å². The molecule has 0 aliphatic heterocycles. The van der Waals surface area contributed by atoms with Gasteiger partial charge in [0.25, 0.3) is 0 Å². The van der Waals surface area contributed by atoms with Gasteiger partial charge >= 0.3 is 5.97 Å². The van der Waals surface area contributed by atoms with Crippen molar-refractivity contribution in [3.8, 4) is 17.6 Å². The molecule has 0 saturated carbocycles. The third-order valence-corrected chi connectivity index (χ3v) is 5.83. The van der Waals surface area contributed by atoms with Crippen molar-refractivity contribution in [2.24, 2.45) is 0 Å². The van der Waals surface area contributed by atoms with E-state index >= 15 is 0 Å². The minimum atomic E-state index is -0.975. The lowest BCUT2D eigenvalue weighted by Crippen LogP contribution is -2.02. The van der Waals surface area contributed by atoms with Crippen LogP contribution in [0.25, 0.3) is 22.7 Å². The number of carbonyl (C=O) groups is 1. The molecule has 0 spiro atoms. The molecule has 0 aliphatic carbocycles. The Kier molecular flexibility index (Phi) is 7.18. The lowest BCUT2D eigenvalue weighted by atomic mass is 10.1. The van der Waals surface area contributed by atoms with Crippen LogP contribution in [0.5, 0.6) is 11.5 Å². The van der Waals surface area contributed by atoms with Crippen molar-refractivity contribution in [1.29, 1.82) is 5.26 Å². The molecule has 0 amide bonds. The van der Waals surface area contributed by atoms with Gasteiger partial charge in [-0.1, -0.05) is 18.2 Å². The van der Waals surface area contributed by atoms with Crippen molar-refractivity contribution < 1.29 is 19.4 Å². The summed E-state index contributed by atoms with van der Waals surface area (Å²) in [6.45, 7) is 4.54. The number of imidazole rings is 1. The molecule has 4 aromatic rings. The maximum absolute atomic E-state index is 11.0. The summed E-state index contributed by atoms with van der Waals surface area (Å²) in [6.07, 6.45) is 1.74. The highest BCUT2D eigenvalue weighted by Crippen LogP contribution is 2.38. The van der Waals surface area contributed by atoms with E-state index in [9.17, 15) is 10.1 Å². The minimum Gasteiger partial charge on any atom is -0.490 e. The fraction of sp³-hybridized carbons (Fsp3) is 0.148. The van der Waals surface area contributed by atoms with Crippen LogP contribution in [-0.2, 0) is 6.61 Å². The molecule has 0 unspecified atom stereocenters. The summed E-state index contributed by atoms with van der Waals surface area (Å²) in [5, 5.41) is 18.9. The van der Waals surface area contributed by atoms with E-state index in [0.29, 0.717) is 34.0 Å². The number of rotatable bonds is 8. The fourth-order valence-electron chi connectivity index (χ4n) is 3.54. The van der Waals surface area contributed by atoms with Gasteiger partial charge in [0.2, 0.25) is 0 Å². The summed E-state index contributed by atoms with van der Waals surface area (Å²) in [6, 6.07) is 18.3. The van der Waals surface area contributed by atoms with Gasteiger partial charge < -0.3 is 19.6 Å². The number of nitrogens with one attached hydrogen (secondary N) is 1. The van der Waals surface area contributed by atoms with E-state index < -0.39 is 5.97 Å². The molecule has 1 aromatic heterocycles. The van der Waals surface area contributed by atoms with Gasteiger partial charge in [0.15, 0.2) is 11.5 Å². The first-order valence-corrected chi connectivity index (χ1v) is 11.7. The van der Waals surface area contributed by atoms with E-state index in [1.807, 2.05) is 38.1 Å². The summed E-state index contributed by atoms with van der Waals surface area (Å²) in [5.74, 6) is 0.557. The number of carboxylic acids is 1. The third kappa shape index (κ3) is 5.53. The summed E-state index contributed by atoms with van der Waals surface area (Å²) in [5.41, 5.74) is 4.94. The molecule has 3 aromatic carbocycles. The van der Waals surface area contributed by atoms with Crippen molar-refractivity contribution >= 4 is 44.6 Å². The average Bonchev–Trinajstić information content (AvgIpc) is 3.25. The number of aromatic amines is 1. The van der Waals surface area contributed by atoms with Gasteiger partial charge in [-0.25, -0.2) is 9.78 Å². The van der Waals surface area contributed by atoms with Crippen LogP contribution in [0.3, 0.4) is 0 Å². The molecule has 176 valence electrons. The number of carboxylic acid groups (broad SMARTS) is 1. The monoisotopic (exact) mass is 531 g/mol. The lowest BCUT2D eigenvalue weighted by Gasteiger charge is -2.15. The van der Waals surface area contributed by atoms with E-state index in [1.54, 1.807) is 24.3 Å². The molecule has 0 fully saturated rings. The predicted molar refractivity (Wildman–Crippen MR) is 137 cm³/mol. The number of H-pyrrole nitrogens is 1. The molecule has 35 heavy (non-hydrogen) atoms. The minimum absolute atomic E-state index is 0.217. The van der Waals surface area contributed by atoms with Gasteiger partial charge in [-0.3, -0.25) is 0 Å². The van der Waals surface area contributed by atoms with Crippen LogP contribution in [0.4, 0.5) is 0 Å². The quantitative estimate of drug-likeness (QED) is 0.255. The Morgan fingerprint density at radius 2 is 1.94 bits per heavy atom. The SMILES string of the molecule is CCOc1cc(/C=C(/C#N)c2nc3ccc(C)cc3[nH]2)cc(Br)c1OCc1ccc(C(=O)O)cc1. The maximum atomic E-state index is 11.0. The van der Waals surface area contributed by atoms with Crippen molar-refractivity contribution in [3.63, 3.8) is 0 Å². The van der Waals surface area contributed by atoms with E-state index in [-0.39, 0.29) is 12.2 Å². The van der Waals surface area contributed by atoms with Crippen LogP contribution in [0.2, 0.25) is 0 Å². The Bertz CT molecular complexity index is 1470. The van der Waals surface area contributed by atoms with E-state index in [1.165, 1.54) is 12.1 Å². The molecule has 0 bridgehead atoms. The van der Waals surface area contributed by atoms with Crippen LogP contribution in [0.1, 0.15) is 39.8 Å². The van der Waals surface area contributed by atoms with Crippen molar-refractivity contribution in [3.05, 3.63) is 87.1 Å². The highest BCUT2D eigenvalue weighted by Gasteiger charge is 2.14. The number of fused-ring (bicyclic) bond motifs is 1. The Balaban J connectivity index is 1.62. The van der Waals surface area contributed by atoms with Gasteiger partial charge in [0.05, 0.1) is 33.2 Å². The molecule has 4 rings (SSSR count). The first-order chi connectivity index (χ1) is 16.9. The van der Waals surface area contributed by atoms with E-state index in [0.717, 1.165) is 27.7 Å². The third-order valence-electron chi connectivity index (χ3n) is 5.24. The van der Waals surface area contributed by atoms with Gasteiger partial charge in [0, 0.05) is 0 Å². The molecule has 2 N–H and O–H groups in total. The maximum Gasteiger partial charge on any atom is 0.335 e. The summed E-state index contributed by atoms with van der Waals surface area (Å²) in [4.78, 5) is 18.8. The topological polar surface area (TPSA) is 108 Å². The molecule has 7 nitrogen and oxygen atoms in total. The molecule has 1 heterocycles. The number of allylic oxidation sites excluding steroid dienone is 1. The molecule has 0 saturated heterocycles. The molecular weight excluding hydrogens is 510 g/mol. The summed E-state index contributed by atoms with van der Waals surface area (Å²) in [7, 11) is 0. The summed E-state index contributed by atoms with van der Waals surface area (Å²) >= 11 is 3.56. The lowest BCUT2D eigenvalue weighted by molar-refractivity contribution is 0.0697. The zero-order valence-corrected chi connectivity index (χ0v) is 20.7. The Morgan fingerprint density at radius 1 is 1.17 bits per heavy atom. The van der Waals surface area contributed by atoms with Gasteiger partial charge in [-0.05, 0) is 88.9 Å². The van der Waals surface area contributed by atoms with Gasteiger partial charge in [0.1, 0.15) is 18.5 Å². The van der Waals surface area contributed by atoms with E-state index in [4.69, 9.17) is 14.6 Å². The van der Waals surface area contributed by atoms with Crippen LogP contribution in [-0.4, -0.2) is 27.7 Å². The zero-order chi connectivity index (χ0) is 24.9. The highest BCUT2D eigenvalue weighted by atomic mass is 79.9. The Hall–Kier alpha value is -4.09. The van der Waals surface area contributed by atoms with Crippen molar-refractivity contribution in [2.45, 2.75) is 20.5 Å². The predicted octanol–water partition coefficient (Wildman–Crippen LogP) is 6.37. The molecule has 0 radical (unpaired) electrons. The van der Waals surface area contributed by atoms with Crippen molar-refractivity contribution in [1.82, 2.24) is 9.97 Å². The first kappa shape index (κ1) is 24.0. The second kappa shape index (κ2) is 10.5. The number of hydrogen-bond donors (Lipinski definition) is 2. The second-order valence-electron chi connectivity index (χ2n) is 7.83. The highest BCUT2D eigenvalue weighted by molar-refractivity contribution is 9.10. The van der Waals surface area contributed by atoms with Crippen molar-refractivity contribution in [2.75, 3.05) is 6.61 Å². The molecule has 8 heteroatoms. The molecule has 0 atom stereocenters. The van der Waals surface area contributed by atoms with E-state index in [2.05, 4.69) is 32.0 Å². The normalized spacial score (nSPS) is 11.3. The average molecular weight is 532 g/mol. The molecular formula is C27H22BrN3O4. The van der Waals surface area contributed by atoms with Crippen LogP contribution in [0, 0.1) is 18.3 Å². The summed E-state index contributed by atoms with van der Waals surface area (Å²) < 4.78 is 12.5. The standard InChI is InChI=1S/C27H22BrN3O4/c1-3-34-24-13-18(11-20(14-29)26-30-22-9-4-16(2)10-23(22)31-26)12-21(28)25(24)35-15-17-5-7-19(8-6-17)27(32)33/h4-13H,3,15H2,1-2H3,(H,30,31)(H,32,33)/b20-11-. The first-order valence-electron chi connectivity index (χ1n) is 10.9. The Morgan fingerprint density at radius 3 is 2.63 bits per heavy atom. The van der Waals surface area contributed by atoms with Crippen LogP contribution >= 0.6 is 15.9 Å². The fourth-order valence-corrected chi connectivity index (χ4v) is 4.12. The second-order valence-corrected chi connectivity index (χ2v) is 8.68. The van der Waals surface area contributed by atoms with Crippen LogP contribution < -0.4 is 9.47 Å².